The Morgan fingerprint density at radius 1 is 1.38 bits per heavy atom. The molecule has 3 rings (SSSR count). The summed E-state index contributed by atoms with van der Waals surface area (Å²) in [5.41, 5.74) is -0.779. The van der Waals surface area contributed by atoms with E-state index in [1.54, 1.807) is 18.7 Å². The lowest BCUT2D eigenvalue weighted by molar-refractivity contribution is -0.152. The number of carbonyl (C=O) groups is 2. The van der Waals surface area contributed by atoms with Crippen molar-refractivity contribution in [1.82, 2.24) is 0 Å². The number of amides is 1. The third kappa shape index (κ3) is 1.67. The van der Waals surface area contributed by atoms with E-state index in [0.717, 1.165) is 5.56 Å². The lowest BCUT2D eigenvalue weighted by atomic mass is 9.69. The van der Waals surface area contributed by atoms with Gasteiger partial charge in [0.05, 0.1) is 18.8 Å². The molecule has 1 aromatic rings. The van der Waals surface area contributed by atoms with Crippen molar-refractivity contribution in [3.8, 4) is 0 Å². The van der Waals surface area contributed by atoms with Crippen LogP contribution in [0.15, 0.2) is 24.3 Å². The van der Waals surface area contributed by atoms with Crippen LogP contribution in [0, 0.1) is 0 Å². The molecule has 1 fully saturated rings. The van der Waals surface area contributed by atoms with Gasteiger partial charge in [-0.3, -0.25) is 9.59 Å². The Kier molecular flexibility index (Phi) is 2.89. The molecule has 5 nitrogen and oxygen atoms in total. The van der Waals surface area contributed by atoms with Crippen LogP contribution in [-0.2, 0) is 19.7 Å². The summed E-state index contributed by atoms with van der Waals surface area (Å²) in [6.07, 6.45) is 0.614. The number of aliphatic hydroxyl groups is 1. The average Bonchev–Trinajstić information content (AvgIpc) is 2.75. The molecular formula is C16H19NO4. The molecule has 112 valence electrons. The molecule has 1 amide bonds. The molecule has 1 N–H and O–H groups in total. The lowest BCUT2D eigenvalue weighted by Crippen LogP contribution is -2.64. The van der Waals surface area contributed by atoms with Gasteiger partial charge in [-0.2, -0.15) is 0 Å². The average molecular weight is 289 g/mol. The van der Waals surface area contributed by atoms with Crippen molar-refractivity contribution in [3.05, 3.63) is 29.8 Å². The van der Waals surface area contributed by atoms with Gasteiger partial charge in [0.15, 0.2) is 0 Å². The number of hydrogen-bond donors (Lipinski definition) is 1. The molecule has 21 heavy (non-hydrogen) atoms. The lowest BCUT2D eigenvalue weighted by Gasteiger charge is -2.46. The van der Waals surface area contributed by atoms with E-state index in [9.17, 15) is 14.7 Å². The number of nitrogens with zero attached hydrogens (tertiary/aromatic N) is 1. The fourth-order valence-electron chi connectivity index (χ4n) is 3.90. The van der Waals surface area contributed by atoms with Gasteiger partial charge in [0.2, 0.25) is 5.91 Å². The Labute approximate surface area is 123 Å². The second-order valence-corrected chi connectivity index (χ2v) is 6.23. The molecule has 3 atom stereocenters. The van der Waals surface area contributed by atoms with Gasteiger partial charge in [0, 0.05) is 12.1 Å². The number of anilines is 1. The predicted molar refractivity (Wildman–Crippen MR) is 76.9 cm³/mol. The molecular weight excluding hydrogens is 270 g/mol. The van der Waals surface area contributed by atoms with Gasteiger partial charge < -0.3 is 14.7 Å². The van der Waals surface area contributed by atoms with Crippen LogP contribution in [0.3, 0.4) is 0 Å². The minimum Gasteiger partial charge on any atom is -0.468 e. The number of rotatable bonds is 1. The molecule has 2 heterocycles. The smallest absolute Gasteiger partial charge is 0.318 e. The van der Waals surface area contributed by atoms with Gasteiger partial charge in [-0.05, 0) is 31.9 Å². The SMILES string of the molecule is COC(=O)[C@@]1(C)c2ccccc2N2C(=O)CC[C@](C)(O)[C@H]21. The molecule has 0 saturated carbocycles. The monoisotopic (exact) mass is 289 g/mol. The van der Waals surface area contributed by atoms with Crippen LogP contribution in [0.25, 0.3) is 0 Å². The molecule has 0 unspecified atom stereocenters. The first-order valence-electron chi connectivity index (χ1n) is 7.06. The van der Waals surface area contributed by atoms with Gasteiger partial charge in [-0.15, -0.1) is 0 Å². The third-order valence-electron chi connectivity index (χ3n) is 4.84. The van der Waals surface area contributed by atoms with E-state index in [1.165, 1.54) is 7.11 Å². The molecule has 5 heteroatoms. The van der Waals surface area contributed by atoms with Crippen LogP contribution in [0.2, 0.25) is 0 Å². The highest BCUT2D eigenvalue weighted by Gasteiger charge is 2.62. The van der Waals surface area contributed by atoms with Crippen LogP contribution in [-0.4, -0.2) is 35.7 Å². The first-order valence-corrected chi connectivity index (χ1v) is 7.06. The highest BCUT2D eigenvalue weighted by Crippen LogP contribution is 2.52. The zero-order chi connectivity index (χ0) is 15.4. The highest BCUT2D eigenvalue weighted by molar-refractivity contribution is 6.03. The number of ether oxygens (including phenoxy) is 1. The number of piperidine rings is 1. The fourth-order valence-corrected chi connectivity index (χ4v) is 3.90. The Bertz CT molecular complexity index is 624. The van der Waals surface area contributed by atoms with Crippen LogP contribution in [0.5, 0.6) is 0 Å². The van der Waals surface area contributed by atoms with E-state index in [4.69, 9.17) is 4.74 Å². The zero-order valence-corrected chi connectivity index (χ0v) is 12.4. The number of hydrogen-bond acceptors (Lipinski definition) is 4. The van der Waals surface area contributed by atoms with Gasteiger partial charge >= 0.3 is 5.97 Å². The number of para-hydroxylation sites is 1. The van der Waals surface area contributed by atoms with Crippen molar-refractivity contribution in [1.29, 1.82) is 0 Å². The molecule has 0 aromatic heterocycles. The topological polar surface area (TPSA) is 66.8 Å². The van der Waals surface area contributed by atoms with Gasteiger partial charge in [0.25, 0.3) is 0 Å². The number of esters is 1. The summed E-state index contributed by atoms with van der Waals surface area (Å²) in [5.74, 6) is -0.496. The fraction of sp³-hybridized carbons (Fsp3) is 0.500. The standard InChI is InChI=1S/C16H19NO4/c1-15(20)9-8-12(18)17-11-7-5-4-6-10(11)16(2,13(15)17)14(19)21-3/h4-7,13,20H,8-9H2,1-3H3/t13-,15-,16-/m0/s1. The summed E-state index contributed by atoms with van der Waals surface area (Å²) in [7, 11) is 1.33. The van der Waals surface area contributed by atoms with Crippen molar-refractivity contribution < 1.29 is 19.4 Å². The number of carbonyl (C=O) groups excluding carboxylic acids is 2. The summed E-state index contributed by atoms with van der Waals surface area (Å²) in [6, 6.07) is 6.66. The maximum atomic E-state index is 12.5. The number of benzene rings is 1. The summed E-state index contributed by atoms with van der Waals surface area (Å²) < 4.78 is 4.98. The molecule has 2 aliphatic rings. The zero-order valence-electron chi connectivity index (χ0n) is 12.4. The second kappa shape index (κ2) is 4.31. The van der Waals surface area contributed by atoms with E-state index in [1.807, 2.05) is 24.3 Å². The molecule has 0 aliphatic carbocycles. The van der Waals surface area contributed by atoms with Crippen LogP contribution >= 0.6 is 0 Å². The van der Waals surface area contributed by atoms with E-state index in [0.29, 0.717) is 12.1 Å². The first-order chi connectivity index (χ1) is 9.84. The van der Waals surface area contributed by atoms with Gasteiger partial charge in [-0.25, -0.2) is 0 Å². The second-order valence-electron chi connectivity index (χ2n) is 6.23. The largest absolute Gasteiger partial charge is 0.468 e. The number of methoxy groups -OCH3 is 1. The molecule has 1 aromatic carbocycles. The molecule has 0 bridgehead atoms. The predicted octanol–water partition coefficient (Wildman–Crippen LogP) is 1.38. The van der Waals surface area contributed by atoms with Crippen LogP contribution < -0.4 is 4.90 Å². The van der Waals surface area contributed by atoms with E-state index >= 15 is 0 Å². The van der Waals surface area contributed by atoms with Crippen molar-refractivity contribution >= 4 is 17.6 Å². The van der Waals surface area contributed by atoms with Gasteiger partial charge in [0.1, 0.15) is 5.41 Å². The van der Waals surface area contributed by atoms with E-state index in [2.05, 4.69) is 0 Å². The summed E-state index contributed by atoms with van der Waals surface area (Å²) >= 11 is 0. The van der Waals surface area contributed by atoms with Crippen LogP contribution in [0.4, 0.5) is 5.69 Å². The van der Waals surface area contributed by atoms with Crippen molar-refractivity contribution in [2.45, 2.75) is 43.7 Å². The minimum absolute atomic E-state index is 0.0633. The van der Waals surface area contributed by atoms with Crippen molar-refractivity contribution in [2.24, 2.45) is 0 Å². The summed E-state index contributed by atoms with van der Waals surface area (Å²) in [6.45, 7) is 3.43. The molecule has 2 aliphatic heterocycles. The Hall–Kier alpha value is -1.88. The van der Waals surface area contributed by atoms with E-state index in [-0.39, 0.29) is 12.3 Å². The Balaban J connectivity index is 2.28. The minimum atomic E-state index is -1.14. The maximum absolute atomic E-state index is 12.5. The molecule has 0 radical (unpaired) electrons. The van der Waals surface area contributed by atoms with Gasteiger partial charge in [-0.1, -0.05) is 18.2 Å². The first kappa shape index (κ1) is 14.1. The van der Waals surface area contributed by atoms with Crippen LogP contribution in [0.1, 0.15) is 32.3 Å². The number of fused-ring (bicyclic) bond motifs is 3. The maximum Gasteiger partial charge on any atom is 0.318 e. The van der Waals surface area contributed by atoms with Crippen molar-refractivity contribution in [3.63, 3.8) is 0 Å². The summed E-state index contributed by atoms with van der Waals surface area (Å²) in [4.78, 5) is 26.4. The van der Waals surface area contributed by atoms with E-state index < -0.39 is 23.0 Å². The normalized spacial score (nSPS) is 34.4. The quantitative estimate of drug-likeness (QED) is 0.793. The molecule has 1 saturated heterocycles. The Morgan fingerprint density at radius 2 is 2.05 bits per heavy atom. The summed E-state index contributed by atoms with van der Waals surface area (Å²) in [5, 5.41) is 10.8. The third-order valence-corrected chi connectivity index (χ3v) is 4.84. The highest BCUT2D eigenvalue weighted by atomic mass is 16.5. The Morgan fingerprint density at radius 3 is 2.71 bits per heavy atom. The van der Waals surface area contributed by atoms with Crippen molar-refractivity contribution in [2.75, 3.05) is 12.0 Å². The molecule has 0 spiro atoms.